The van der Waals surface area contributed by atoms with E-state index in [0.717, 1.165) is 6.20 Å². The zero-order chi connectivity index (χ0) is 24.0. The average Bonchev–Trinajstić information content (AvgIpc) is 2.67. The number of carbonyl (C=O) groups is 4. The van der Waals surface area contributed by atoms with Gasteiger partial charge in [-0.15, -0.1) is 0 Å². The number of pyridine rings is 1. The van der Waals surface area contributed by atoms with Gasteiger partial charge in [0.25, 0.3) is 11.5 Å². The molecule has 170 valence electrons. The molecule has 0 bridgehead atoms. The molecule has 0 aliphatic heterocycles. The molecule has 2 aromatic rings. The zero-order valence-corrected chi connectivity index (χ0v) is 17.0. The Balaban J connectivity index is 2.08. The maximum absolute atomic E-state index is 12.3. The van der Waals surface area contributed by atoms with Crippen molar-refractivity contribution in [3.63, 3.8) is 0 Å². The fraction of sp³-hybridized carbons (Fsp3) is 0.235. The van der Waals surface area contributed by atoms with Gasteiger partial charge >= 0.3 is 11.9 Å². The molecule has 0 aliphatic carbocycles. The van der Waals surface area contributed by atoms with Crippen LogP contribution in [-0.2, 0) is 20.8 Å². The number of carbonyl (C=O) groups excluding carboxylic acids is 2. The number of nitrogen functional groups attached to an aromatic ring is 2. The van der Waals surface area contributed by atoms with Crippen molar-refractivity contribution in [2.45, 2.75) is 25.3 Å². The van der Waals surface area contributed by atoms with E-state index in [4.69, 9.17) is 33.3 Å². The fourth-order valence-electron chi connectivity index (χ4n) is 2.50. The Kier molecular flexibility index (Phi) is 7.68. The Morgan fingerprint density at radius 1 is 1.22 bits per heavy atom. The van der Waals surface area contributed by atoms with E-state index in [0.29, 0.717) is 0 Å². The van der Waals surface area contributed by atoms with Gasteiger partial charge in [0.05, 0.1) is 28.9 Å². The van der Waals surface area contributed by atoms with Crippen LogP contribution in [0.1, 0.15) is 28.9 Å². The number of rotatable bonds is 9. The first-order chi connectivity index (χ1) is 15.0. The minimum absolute atomic E-state index is 0.0793. The summed E-state index contributed by atoms with van der Waals surface area (Å²) < 4.78 is 0. The van der Waals surface area contributed by atoms with Crippen LogP contribution in [-0.4, -0.2) is 55.0 Å². The number of aromatic nitrogens is 3. The van der Waals surface area contributed by atoms with Crippen molar-refractivity contribution in [1.29, 1.82) is 0 Å². The Bertz CT molecular complexity index is 1130. The molecule has 0 radical (unpaired) electrons. The molecule has 0 aliphatic rings. The molecule has 32 heavy (non-hydrogen) atoms. The summed E-state index contributed by atoms with van der Waals surface area (Å²) in [6, 6.07) is -0.281. The van der Waals surface area contributed by atoms with Crippen LogP contribution in [0.2, 0.25) is 5.02 Å². The quantitative estimate of drug-likeness (QED) is 0.241. The van der Waals surface area contributed by atoms with Crippen LogP contribution in [0.3, 0.4) is 0 Å². The van der Waals surface area contributed by atoms with Crippen LogP contribution in [0.15, 0.2) is 17.1 Å². The number of carboxylic acid groups (broad SMARTS) is 2. The minimum atomic E-state index is -1.46. The molecule has 2 aromatic heterocycles. The topological polar surface area (TPSA) is 243 Å². The molecule has 15 heteroatoms. The Morgan fingerprint density at radius 3 is 2.47 bits per heavy atom. The standard InChI is InChI=1S/C17H18ClN7O7/c18-8-3-6(22-10(26)4-7-13(19)24-17(20)25-14(7)29)5-21-12(8)15(30)23-9(16(31)32)1-2-11(27)28/h3,5,9H,1-2,4H2,(H,22,26)(H,23,30)(H,27,28)(H,31,32)(H5,19,20,24,25,29). The summed E-state index contributed by atoms with van der Waals surface area (Å²) in [5.74, 6) is -4.66. The van der Waals surface area contributed by atoms with Gasteiger partial charge in [-0.3, -0.25) is 24.2 Å². The third-order valence-corrected chi connectivity index (χ3v) is 4.28. The Hall–Kier alpha value is -4.20. The molecule has 2 amide bonds. The maximum Gasteiger partial charge on any atom is 0.326 e. The van der Waals surface area contributed by atoms with Gasteiger partial charge in [0.2, 0.25) is 11.9 Å². The summed E-state index contributed by atoms with van der Waals surface area (Å²) in [4.78, 5) is 67.8. The van der Waals surface area contributed by atoms with Crippen molar-refractivity contribution in [1.82, 2.24) is 20.3 Å². The van der Waals surface area contributed by atoms with E-state index in [1.54, 1.807) is 0 Å². The summed E-state index contributed by atoms with van der Waals surface area (Å²) in [5, 5.41) is 22.1. The number of hydrogen-bond donors (Lipinski definition) is 7. The van der Waals surface area contributed by atoms with E-state index in [2.05, 4.69) is 25.6 Å². The molecule has 0 fully saturated rings. The predicted molar refractivity (Wildman–Crippen MR) is 111 cm³/mol. The summed E-state index contributed by atoms with van der Waals surface area (Å²) >= 11 is 6.01. The summed E-state index contributed by atoms with van der Waals surface area (Å²) in [7, 11) is 0. The summed E-state index contributed by atoms with van der Waals surface area (Å²) in [5.41, 5.74) is 9.91. The van der Waals surface area contributed by atoms with Gasteiger partial charge in [-0.1, -0.05) is 11.6 Å². The number of halogens is 1. The molecular formula is C17H18ClN7O7. The average molecular weight is 468 g/mol. The van der Waals surface area contributed by atoms with Gasteiger partial charge in [0, 0.05) is 6.42 Å². The predicted octanol–water partition coefficient (Wildman–Crippen LogP) is -0.788. The van der Waals surface area contributed by atoms with Crippen molar-refractivity contribution in [2.24, 2.45) is 0 Å². The molecule has 0 aromatic carbocycles. The van der Waals surface area contributed by atoms with Crippen molar-refractivity contribution in [2.75, 3.05) is 16.8 Å². The molecule has 9 N–H and O–H groups in total. The summed E-state index contributed by atoms with van der Waals surface area (Å²) in [6.45, 7) is 0. The molecule has 1 unspecified atom stereocenters. The number of aliphatic carboxylic acids is 2. The van der Waals surface area contributed by atoms with Crippen molar-refractivity contribution in [3.8, 4) is 0 Å². The smallest absolute Gasteiger partial charge is 0.326 e. The van der Waals surface area contributed by atoms with E-state index >= 15 is 0 Å². The summed E-state index contributed by atoms with van der Waals surface area (Å²) in [6.07, 6.45) is -0.163. The van der Waals surface area contributed by atoms with Gasteiger partial charge in [-0.05, 0) is 12.5 Å². The highest BCUT2D eigenvalue weighted by Crippen LogP contribution is 2.19. The van der Waals surface area contributed by atoms with E-state index in [-0.39, 0.29) is 40.2 Å². The number of nitrogens with one attached hydrogen (secondary N) is 3. The lowest BCUT2D eigenvalue weighted by Crippen LogP contribution is -2.41. The van der Waals surface area contributed by atoms with Crippen LogP contribution in [0.5, 0.6) is 0 Å². The highest BCUT2D eigenvalue weighted by molar-refractivity contribution is 6.33. The van der Waals surface area contributed by atoms with Gasteiger partial charge in [0.15, 0.2) is 0 Å². The molecule has 2 rings (SSSR count). The molecular weight excluding hydrogens is 450 g/mol. The highest BCUT2D eigenvalue weighted by atomic mass is 35.5. The normalized spacial score (nSPS) is 11.4. The second kappa shape index (κ2) is 10.2. The first-order valence-corrected chi connectivity index (χ1v) is 9.20. The van der Waals surface area contributed by atoms with Crippen LogP contribution in [0.4, 0.5) is 17.5 Å². The van der Waals surface area contributed by atoms with Crippen molar-refractivity contribution >= 4 is 52.8 Å². The van der Waals surface area contributed by atoms with Crippen LogP contribution >= 0.6 is 11.6 Å². The molecule has 14 nitrogen and oxygen atoms in total. The van der Waals surface area contributed by atoms with Crippen LogP contribution in [0, 0.1) is 0 Å². The van der Waals surface area contributed by atoms with Crippen molar-refractivity contribution in [3.05, 3.63) is 38.9 Å². The van der Waals surface area contributed by atoms with Gasteiger partial charge < -0.3 is 32.3 Å². The second-order valence-electron chi connectivity index (χ2n) is 6.39. The lowest BCUT2D eigenvalue weighted by molar-refractivity contribution is -0.140. The fourth-order valence-corrected chi connectivity index (χ4v) is 2.75. The number of nitrogens with zero attached hydrogens (tertiary/aromatic N) is 2. The highest BCUT2D eigenvalue weighted by Gasteiger charge is 2.24. The Morgan fingerprint density at radius 2 is 1.91 bits per heavy atom. The van der Waals surface area contributed by atoms with Gasteiger partial charge in [0.1, 0.15) is 17.6 Å². The monoisotopic (exact) mass is 467 g/mol. The number of hydrogen-bond acceptors (Lipinski definition) is 9. The second-order valence-corrected chi connectivity index (χ2v) is 6.80. The third-order valence-electron chi connectivity index (χ3n) is 3.99. The largest absolute Gasteiger partial charge is 0.481 e. The van der Waals surface area contributed by atoms with Crippen LogP contribution in [0.25, 0.3) is 0 Å². The number of H-pyrrole nitrogens is 1. The van der Waals surface area contributed by atoms with Crippen LogP contribution < -0.4 is 27.7 Å². The molecule has 2 heterocycles. The van der Waals surface area contributed by atoms with E-state index in [1.165, 1.54) is 6.07 Å². The number of nitrogens with two attached hydrogens (primary N) is 2. The zero-order valence-electron chi connectivity index (χ0n) is 16.2. The number of anilines is 3. The van der Waals surface area contributed by atoms with Gasteiger partial charge in [-0.25, -0.2) is 9.78 Å². The Labute approximate surface area is 184 Å². The van der Waals surface area contributed by atoms with E-state index in [1.807, 2.05) is 0 Å². The number of carboxylic acids is 2. The minimum Gasteiger partial charge on any atom is -0.481 e. The lowest BCUT2D eigenvalue weighted by Gasteiger charge is -2.14. The molecule has 0 saturated heterocycles. The van der Waals surface area contributed by atoms with E-state index in [9.17, 15) is 24.0 Å². The van der Waals surface area contributed by atoms with E-state index < -0.39 is 48.2 Å². The van der Waals surface area contributed by atoms with Gasteiger partial charge in [-0.2, -0.15) is 4.98 Å². The molecule has 0 spiro atoms. The lowest BCUT2D eigenvalue weighted by atomic mass is 10.1. The number of aromatic amines is 1. The first-order valence-electron chi connectivity index (χ1n) is 8.83. The third kappa shape index (κ3) is 6.40. The molecule has 0 saturated carbocycles. The SMILES string of the molecule is Nc1nc(N)c(CC(=O)Nc2cnc(C(=O)NC(CCC(=O)O)C(=O)O)c(Cl)c2)c(=O)[nH]1. The first kappa shape index (κ1) is 24.1. The number of amides is 2. The molecule has 1 atom stereocenters. The van der Waals surface area contributed by atoms with Crippen molar-refractivity contribution < 1.29 is 29.4 Å². The maximum atomic E-state index is 12.3.